The molecule has 0 aliphatic carbocycles. The highest BCUT2D eigenvalue weighted by Gasteiger charge is 2.45. The SMILES string of the molecule is Cc1ccc([C@@H](C)Nc2nc(Cl)nc3c2ncn3[C@@H]2O[C@H](COCP(=O)(OCOC(=O)OC(C)C)OCOC(=O)OC(C)C)[C@@H](O)[C@H]2O)cc1. The largest absolute Gasteiger partial charge is 0.510 e. The Hall–Kier alpha value is -3.61. The van der Waals surface area contributed by atoms with Crippen molar-refractivity contribution in [2.75, 3.05) is 31.9 Å². The van der Waals surface area contributed by atoms with Crippen molar-refractivity contribution in [1.29, 1.82) is 0 Å². The topological polar surface area (TPSA) is 221 Å². The predicted octanol–water partition coefficient (Wildman–Crippen LogP) is 4.82. The molecule has 3 N–H and O–H groups in total. The number of nitrogens with zero attached hydrogens (tertiary/aromatic N) is 4. The second-order valence-corrected chi connectivity index (χ2v) is 14.0. The zero-order valence-electron chi connectivity index (χ0n) is 28.3. The minimum atomic E-state index is -4.28. The molecule has 3 heterocycles. The van der Waals surface area contributed by atoms with Gasteiger partial charge in [-0.15, -0.1) is 0 Å². The zero-order valence-corrected chi connectivity index (χ0v) is 29.9. The van der Waals surface area contributed by atoms with Gasteiger partial charge in [0.2, 0.25) is 18.9 Å². The Bertz CT molecular complexity index is 1610. The van der Waals surface area contributed by atoms with E-state index in [4.69, 9.17) is 49.1 Å². The number of aliphatic hydroxyl groups excluding tert-OH is 2. The summed E-state index contributed by atoms with van der Waals surface area (Å²) in [6.07, 6.45) is -7.82. The number of carbonyl (C=O) groups excluding carboxylic acids is 2. The lowest BCUT2D eigenvalue weighted by Gasteiger charge is -2.20. The lowest BCUT2D eigenvalue weighted by atomic mass is 10.1. The lowest BCUT2D eigenvalue weighted by Crippen LogP contribution is -2.34. The molecular formula is C30H41ClN5O13P. The number of aryl methyl sites for hydroxylation is 1. The average Bonchev–Trinajstić information content (AvgIpc) is 3.56. The molecule has 5 atom stereocenters. The van der Waals surface area contributed by atoms with Crippen molar-refractivity contribution in [1.82, 2.24) is 19.5 Å². The zero-order chi connectivity index (χ0) is 36.6. The molecule has 20 heteroatoms. The number of anilines is 1. The van der Waals surface area contributed by atoms with Gasteiger partial charge >= 0.3 is 19.9 Å². The van der Waals surface area contributed by atoms with E-state index in [1.165, 1.54) is 10.9 Å². The number of aromatic nitrogens is 4. The number of imidazole rings is 1. The number of hydrogen-bond acceptors (Lipinski definition) is 17. The van der Waals surface area contributed by atoms with E-state index in [1.807, 2.05) is 38.1 Å². The molecule has 1 aromatic carbocycles. The van der Waals surface area contributed by atoms with Gasteiger partial charge in [-0.2, -0.15) is 9.97 Å². The summed E-state index contributed by atoms with van der Waals surface area (Å²) in [5.41, 5.74) is 2.68. The molecule has 1 saturated heterocycles. The number of ether oxygens (including phenoxy) is 6. The van der Waals surface area contributed by atoms with Gasteiger partial charge in [0.1, 0.15) is 24.7 Å². The van der Waals surface area contributed by atoms with Gasteiger partial charge in [0, 0.05) is 0 Å². The highest BCUT2D eigenvalue weighted by molar-refractivity contribution is 7.53. The van der Waals surface area contributed by atoms with Crippen LogP contribution in [0.3, 0.4) is 0 Å². The second-order valence-electron chi connectivity index (χ2n) is 11.7. The first-order valence-corrected chi connectivity index (χ1v) is 17.6. The van der Waals surface area contributed by atoms with Crippen LogP contribution in [-0.4, -0.2) is 99.1 Å². The molecule has 2 aromatic heterocycles. The maximum atomic E-state index is 13.4. The first kappa shape index (κ1) is 39.2. The van der Waals surface area contributed by atoms with E-state index in [2.05, 4.69) is 20.3 Å². The lowest BCUT2D eigenvalue weighted by molar-refractivity contribution is -0.0653. The number of hydrogen-bond donors (Lipinski definition) is 3. The van der Waals surface area contributed by atoms with Crippen molar-refractivity contribution in [3.8, 4) is 0 Å². The normalized spacial score (nSPS) is 19.9. The molecule has 1 fully saturated rings. The summed E-state index contributed by atoms with van der Waals surface area (Å²) in [5, 5.41) is 25.0. The Morgan fingerprint density at radius 1 is 0.980 bits per heavy atom. The summed E-state index contributed by atoms with van der Waals surface area (Å²) in [6, 6.07) is 7.80. The number of benzene rings is 1. The monoisotopic (exact) mass is 745 g/mol. The van der Waals surface area contributed by atoms with E-state index in [-0.39, 0.29) is 17.0 Å². The first-order chi connectivity index (χ1) is 23.7. The smallest absolute Gasteiger partial charge is 0.432 e. The third kappa shape index (κ3) is 10.7. The molecule has 0 saturated carbocycles. The van der Waals surface area contributed by atoms with E-state index in [1.54, 1.807) is 27.7 Å². The fourth-order valence-electron chi connectivity index (χ4n) is 4.57. The van der Waals surface area contributed by atoms with Crippen LogP contribution in [-0.2, 0) is 42.0 Å². The number of carbonyl (C=O) groups is 2. The van der Waals surface area contributed by atoms with Crippen LogP contribution >= 0.6 is 19.2 Å². The molecule has 4 rings (SSSR count). The highest BCUT2D eigenvalue weighted by atomic mass is 35.5. The van der Waals surface area contributed by atoms with Gasteiger partial charge in [0.15, 0.2) is 23.2 Å². The maximum absolute atomic E-state index is 13.4. The van der Waals surface area contributed by atoms with Crippen LogP contribution in [0, 0.1) is 6.92 Å². The summed E-state index contributed by atoms with van der Waals surface area (Å²) in [6.45, 7) is 8.20. The van der Waals surface area contributed by atoms with Gasteiger partial charge in [-0.05, 0) is 58.7 Å². The molecule has 1 aliphatic heterocycles. The van der Waals surface area contributed by atoms with Crippen LogP contribution in [0.2, 0.25) is 5.28 Å². The van der Waals surface area contributed by atoms with Gasteiger partial charge in [0.25, 0.3) is 0 Å². The third-order valence-corrected chi connectivity index (χ3v) is 8.65. The molecule has 276 valence electrons. The summed E-state index contributed by atoms with van der Waals surface area (Å²) >= 11 is 6.27. The van der Waals surface area contributed by atoms with Crippen molar-refractivity contribution in [3.63, 3.8) is 0 Å². The van der Waals surface area contributed by atoms with Crippen LogP contribution in [0.15, 0.2) is 30.6 Å². The Kier molecular flexibility index (Phi) is 13.8. The fourth-order valence-corrected chi connectivity index (χ4v) is 5.72. The maximum Gasteiger partial charge on any atom is 0.510 e. The summed E-state index contributed by atoms with van der Waals surface area (Å²) in [7, 11) is -4.28. The van der Waals surface area contributed by atoms with E-state index in [0.29, 0.717) is 11.3 Å². The Labute approximate surface area is 292 Å². The van der Waals surface area contributed by atoms with Crippen LogP contribution in [0.1, 0.15) is 58.0 Å². The minimum Gasteiger partial charge on any atom is -0.432 e. The Morgan fingerprint density at radius 2 is 1.58 bits per heavy atom. The first-order valence-electron chi connectivity index (χ1n) is 15.5. The molecule has 0 bridgehead atoms. The van der Waals surface area contributed by atoms with Crippen molar-refractivity contribution >= 4 is 48.5 Å². The van der Waals surface area contributed by atoms with Gasteiger partial charge in [-0.25, -0.2) is 14.6 Å². The average molecular weight is 746 g/mol. The predicted molar refractivity (Wildman–Crippen MR) is 175 cm³/mol. The number of fused-ring (bicyclic) bond motifs is 1. The molecule has 0 spiro atoms. The molecule has 3 aromatic rings. The molecule has 1 aliphatic rings. The third-order valence-electron chi connectivity index (χ3n) is 6.98. The highest BCUT2D eigenvalue weighted by Crippen LogP contribution is 2.48. The number of halogens is 1. The summed E-state index contributed by atoms with van der Waals surface area (Å²) < 4.78 is 55.5. The van der Waals surface area contributed by atoms with E-state index in [0.717, 1.165) is 11.1 Å². The van der Waals surface area contributed by atoms with Crippen LogP contribution in [0.5, 0.6) is 0 Å². The number of rotatable bonds is 16. The standard InChI is InChI=1S/C30H41ClN5O13P/c1-16(2)47-29(39)43-13-45-50(41,46-14-44-30(40)48-17(3)4)15-42-11-21-23(37)24(38)27(49-21)36-12-32-22-25(34-28(31)35-26(22)36)33-19(6)20-9-7-18(5)8-10-20/h7-10,12,16-17,19,21,23-24,27,37-38H,11,13-15H2,1-6H3,(H,33,34,35)/t19-,21-,23-,24-,27-/m1/s1. The van der Waals surface area contributed by atoms with E-state index in [9.17, 15) is 24.4 Å². The van der Waals surface area contributed by atoms with Crippen LogP contribution in [0.25, 0.3) is 11.2 Å². The van der Waals surface area contributed by atoms with Gasteiger partial charge in [-0.1, -0.05) is 29.8 Å². The molecule has 50 heavy (non-hydrogen) atoms. The van der Waals surface area contributed by atoms with E-state index >= 15 is 0 Å². The fraction of sp³-hybridized carbons (Fsp3) is 0.567. The van der Waals surface area contributed by atoms with Crippen molar-refractivity contribution in [2.24, 2.45) is 0 Å². The van der Waals surface area contributed by atoms with Gasteiger partial charge < -0.3 is 44.0 Å². The quantitative estimate of drug-likeness (QED) is 0.0774. The second kappa shape index (κ2) is 17.5. The van der Waals surface area contributed by atoms with Gasteiger partial charge in [0.05, 0.1) is 31.2 Å². The van der Waals surface area contributed by atoms with Crippen LogP contribution < -0.4 is 5.32 Å². The number of aliphatic hydroxyl groups is 2. The summed E-state index contributed by atoms with van der Waals surface area (Å²) in [5.74, 6) is 0.346. The van der Waals surface area contributed by atoms with E-state index < -0.39 is 83.2 Å². The molecule has 0 unspecified atom stereocenters. The minimum absolute atomic E-state index is 0.0931. The van der Waals surface area contributed by atoms with Crippen molar-refractivity contribution in [2.45, 2.75) is 84.3 Å². The molecule has 18 nitrogen and oxygen atoms in total. The van der Waals surface area contributed by atoms with Crippen LogP contribution in [0.4, 0.5) is 15.4 Å². The van der Waals surface area contributed by atoms with Crippen molar-refractivity contribution < 1.29 is 61.8 Å². The molecule has 0 amide bonds. The Balaban J connectivity index is 1.41. The molecular weight excluding hydrogens is 705 g/mol. The molecule has 0 radical (unpaired) electrons. The number of nitrogens with one attached hydrogen (secondary N) is 1. The summed E-state index contributed by atoms with van der Waals surface area (Å²) in [4.78, 5) is 36.4. The Morgan fingerprint density at radius 3 is 2.16 bits per heavy atom. The van der Waals surface area contributed by atoms with Crippen molar-refractivity contribution in [3.05, 3.63) is 47.0 Å². The van der Waals surface area contributed by atoms with Gasteiger partial charge in [-0.3, -0.25) is 18.2 Å².